The van der Waals surface area contributed by atoms with E-state index in [4.69, 9.17) is 16.3 Å². The van der Waals surface area contributed by atoms with E-state index in [0.29, 0.717) is 10.6 Å². The maximum atomic E-state index is 13.8. The van der Waals surface area contributed by atoms with Gasteiger partial charge in [-0.2, -0.15) is 0 Å². The summed E-state index contributed by atoms with van der Waals surface area (Å²) in [5.41, 5.74) is 2.54. The summed E-state index contributed by atoms with van der Waals surface area (Å²) in [5.74, 6) is 0.470. The molecule has 0 aliphatic rings. The lowest BCUT2D eigenvalue weighted by Crippen LogP contribution is -2.12. The topological polar surface area (TPSA) is 21.3 Å². The molecule has 2 nitrogen and oxygen atoms in total. The van der Waals surface area contributed by atoms with Crippen LogP contribution in [0.4, 0.5) is 4.39 Å². The van der Waals surface area contributed by atoms with Crippen molar-refractivity contribution in [2.75, 3.05) is 6.54 Å². The molecular weight excluding hydrogens is 289 g/mol. The van der Waals surface area contributed by atoms with Crippen LogP contribution in [0.2, 0.25) is 5.02 Å². The summed E-state index contributed by atoms with van der Waals surface area (Å²) >= 11 is 5.91. The van der Waals surface area contributed by atoms with Gasteiger partial charge < -0.3 is 10.1 Å². The van der Waals surface area contributed by atoms with Gasteiger partial charge in [0.25, 0.3) is 0 Å². The third-order valence-electron chi connectivity index (χ3n) is 3.21. The molecule has 2 aromatic rings. The second-order valence-corrected chi connectivity index (χ2v) is 5.34. The molecule has 4 heteroatoms. The minimum Gasteiger partial charge on any atom is -0.489 e. The van der Waals surface area contributed by atoms with Crippen molar-refractivity contribution in [3.63, 3.8) is 0 Å². The van der Waals surface area contributed by atoms with Crippen molar-refractivity contribution in [3.8, 4) is 5.75 Å². The van der Waals surface area contributed by atoms with Crippen LogP contribution in [-0.2, 0) is 13.2 Å². The van der Waals surface area contributed by atoms with E-state index in [9.17, 15) is 4.39 Å². The number of halogens is 2. The number of hydrogen-bond acceptors (Lipinski definition) is 2. The summed E-state index contributed by atoms with van der Waals surface area (Å²) in [4.78, 5) is 0. The van der Waals surface area contributed by atoms with E-state index < -0.39 is 0 Å². The van der Waals surface area contributed by atoms with Crippen LogP contribution >= 0.6 is 11.6 Å². The van der Waals surface area contributed by atoms with Crippen LogP contribution in [0.3, 0.4) is 0 Å². The highest BCUT2D eigenvalue weighted by Crippen LogP contribution is 2.23. The molecule has 0 heterocycles. The largest absolute Gasteiger partial charge is 0.489 e. The molecule has 2 aromatic carbocycles. The third-order valence-corrected chi connectivity index (χ3v) is 3.44. The van der Waals surface area contributed by atoms with Gasteiger partial charge in [0.15, 0.2) is 0 Å². The first kappa shape index (κ1) is 15.8. The molecule has 112 valence electrons. The van der Waals surface area contributed by atoms with Gasteiger partial charge in [0.1, 0.15) is 18.2 Å². The molecule has 21 heavy (non-hydrogen) atoms. The van der Waals surface area contributed by atoms with Gasteiger partial charge in [-0.1, -0.05) is 24.6 Å². The van der Waals surface area contributed by atoms with E-state index in [-0.39, 0.29) is 12.4 Å². The average Bonchev–Trinajstić information content (AvgIpc) is 2.46. The molecule has 0 aliphatic carbocycles. The van der Waals surface area contributed by atoms with Crippen molar-refractivity contribution in [1.29, 1.82) is 0 Å². The SMILES string of the molecule is CCNCc1ccc(F)c(COc2ccc(Cl)cc2C)c1. The Morgan fingerprint density at radius 1 is 1.19 bits per heavy atom. The van der Waals surface area contributed by atoms with Crippen LogP contribution in [0.1, 0.15) is 23.6 Å². The van der Waals surface area contributed by atoms with Crippen molar-refractivity contribution < 1.29 is 9.13 Å². The first-order chi connectivity index (χ1) is 10.1. The van der Waals surface area contributed by atoms with Crippen LogP contribution in [-0.4, -0.2) is 6.54 Å². The van der Waals surface area contributed by atoms with Gasteiger partial charge in [-0.15, -0.1) is 0 Å². The Morgan fingerprint density at radius 3 is 2.71 bits per heavy atom. The summed E-state index contributed by atoms with van der Waals surface area (Å²) in [5, 5.41) is 3.89. The Bertz CT molecular complexity index is 616. The molecule has 0 fully saturated rings. The molecule has 0 aromatic heterocycles. The molecule has 0 atom stereocenters. The zero-order valence-electron chi connectivity index (χ0n) is 12.2. The molecule has 0 radical (unpaired) electrons. The van der Waals surface area contributed by atoms with E-state index in [2.05, 4.69) is 5.32 Å². The molecule has 0 spiro atoms. The minimum absolute atomic E-state index is 0.203. The second-order valence-electron chi connectivity index (χ2n) is 4.90. The highest BCUT2D eigenvalue weighted by atomic mass is 35.5. The fourth-order valence-electron chi connectivity index (χ4n) is 2.05. The molecule has 1 N–H and O–H groups in total. The zero-order chi connectivity index (χ0) is 15.2. The Hall–Kier alpha value is -1.58. The maximum Gasteiger partial charge on any atom is 0.129 e. The first-order valence-electron chi connectivity index (χ1n) is 6.97. The molecule has 0 unspecified atom stereocenters. The van der Waals surface area contributed by atoms with E-state index in [0.717, 1.165) is 30.0 Å². The van der Waals surface area contributed by atoms with Crippen molar-refractivity contribution >= 4 is 11.6 Å². The Morgan fingerprint density at radius 2 is 2.00 bits per heavy atom. The standard InChI is InChI=1S/C17H19ClFNO/c1-3-20-10-13-4-6-16(19)14(9-13)11-21-17-7-5-15(18)8-12(17)2/h4-9,20H,3,10-11H2,1-2H3. The Balaban J connectivity index is 2.08. The van der Waals surface area contributed by atoms with Crippen LogP contribution in [0.25, 0.3) is 0 Å². The Kier molecular flexibility index (Phi) is 5.59. The lowest BCUT2D eigenvalue weighted by molar-refractivity contribution is 0.297. The van der Waals surface area contributed by atoms with Crippen LogP contribution in [0.5, 0.6) is 5.75 Å². The normalized spacial score (nSPS) is 10.7. The number of rotatable bonds is 6. The van der Waals surface area contributed by atoms with Crippen molar-refractivity contribution in [1.82, 2.24) is 5.32 Å². The van der Waals surface area contributed by atoms with Gasteiger partial charge >= 0.3 is 0 Å². The molecular formula is C17H19ClFNO. The van der Waals surface area contributed by atoms with Gasteiger partial charge in [-0.3, -0.25) is 0 Å². The van der Waals surface area contributed by atoms with Gasteiger partial charge in [0.2, 0.25) is 0 Å². The first-order valence-corrected chi connectivity index (χ1v) is 7.35. The number of nitrogens with one attached hydrogen (secondary N) is 1. The summed E-state index contributed by atoms with van der Waals surface area (Å²) in [6.07, 6.45) is 0. The zero-order valence-corrected chi connectivity index (χ0v) is 13.0. The van der Waals surface area contributed by atoms with E-state index in [1.54, 1.807) is 18.2 Å². The van der Waals surface area contributed by atoms with Crippen LogP contribution < -0.4 is 10.1 Å². The van der Waals surface area contributed by atoms with Crippen molar-refractivity contribution in [3.05, 3.63) is 63.9 Å². The maximum absolute atomic E-state index is 13.8. The smallest absolute Gasteiger partial charge is 0.129 e. The van der Waals surface area contributed by atoms with E-state index in [1.165, 1.54) is 6.07 Å². The fourth-order valence-corrected chi connectivity index (χ4v) is 2.27. The molecule has 2 rings (SSSR count). The van der Waals surface area contributed by atoms with Gasteiger partial charge in [-0.05, 0) is 54.9 Å². The predicted molar refractivity (Wildman–Crippen MR) is 84.3 cm³/mol. The molecule has 0 saturated heterocycles. The molecule has 0 amide bonds. The average molecular weight is 308 g/mol. The number of benzene rings is 2. The Labute approximate surface area is 129 Å². The second kappa shape index (κ2) is 7.43. The number of aryl methyl sites for hydroxylation is 1. The summed E-state index contributed by atoms with van der Waals surface area (Å²) in [7, 11) is 0. The summed E-state index contributed by atoms with van der Waals surface area (Å²) < 4.78 is 19.5. The number of hydrogen-bond donors (Lipinski definition) is 1. The number of ether oxygens (including phenoxy) is 1. The van der Waals surface area contributed by atoms with E-state index >= 15 is 0 Å². The fraction of sp³-hybridized carbons (Fsp3) is 0.294. The van der Waals surface area contributed by atoms with Crippen molar-refractivity contribution in [2.24, 2.45) is 0 Å². The molecule has 0 bridgehead atoms. The monoisotopic (exact) mass is 307 g/mol. The minimum atomic E-state index is -0.248. The van der Waals surface area contributed by atoms with Gasteiger partial charge in [-0.25, -0.2) is 4.39 Å². The van der Waals surface area contributed by atoms with Crippen LogP contribution in [0, 0.1) is 12.7 Å². The highest BCUT2D eigenvalue weighted by molar-refractivity contribution is 6.30. The quantitative estimate of drug-likeness (QED) is 0.850. The summed E-state index contributed by atoms with van der Waals surface area (Å²) in [6.45, 7) is 5.77. The van der Waals surface area contributed by atoms with Gasteiger partial charge in [0.05, 0.1) is 0 Å². The lowest BCUT2D eigenvalue weighted by Gasteiger charge is -2.11. The predicted octanol–water partition coefficient (Wildman–Crippen LogP) is 4.48. The third kappa shape index (κ3) is 4.45. The highest BCUT2D eigenvalue weighted by Gasteiger charge is 2.06. The lowest BCUT2D eigenvalue weighted by atomic mass is 10.1. The van der Waals surface area contributed by atoms with Gasteiger partial charge in [0, 0.05) is 17.1 Å². The summed E-state index contributed by atoms with van der Waals surface area (Å²) in [6, 6.07) is 10.5. The molecule has 0 saturated carbocycles. The molecule has 0 aliphatic heterocycles. The van der Waals surface area contributed by atoms with E-state index in [1.807, 2.05) is 26.0 Å². The van der Waals surface area contributed by atoms with Crippen LogP contribution in [0.15, 0.2) is 36.4 Å². The van der Waals surface area contributed by atoms with Crippen molar-refractivity contribution in [2.45, 2.75) is 27.0 Å².